The third kappa shape index (κ3) is 2.43. The smallest absolute Gasteiger partial charge is 0.127 e. The molecule has 0 heterocycles. The Hall–Kier alpha value is -0.890. The lowest BCUT2D eigenvalue weighted by Crippen LogP contribution is -2.24. The molecule has 0 amide bonds. The molecule has 1 saturated carbocycles. The summed E-state index contributed by atoms with van der Waals surface area (Å²) in [5.41, 5.74) is 7.99. The van der Waals surface area contributed by atoms with E-state index in [1.165, 1.54) is 25.3 Å². The fourth-order valence-corrected chi connectivity index (χ4v) is 2.67. The van der Waals surface area contributed by atoms with Gasteiger partial charge in [-0.05, 0) is 31.7 Å². The van der Waals surface area contributed by atoms with Gasteiger partial charge in [0.05, 0.1) is 0 Å². The van der Waals surface area contributed by atoms with Gasteiger partial charge >= 0.3 is 0 Å². The van der Waals surface area contributed by atoms with E-state index in [0.717, 1.165) is 18.4 Å². The highest BCUT2D eigenvalue weighted by atomic mass is 19.1. The Bertz CT molecular complexity index is 356. The molecule has 1 fully saturated rings. The lowest BCUT2D eigenvalue weighted by atomic mass is 9.81. The molecule has 1 atom stereocenters. The Kier molecular flexibility index (Phi) is 3.59. The van der Waals surface area contributed by atoms with Crippen molar-refractivity contribution in [2.75, 3.05) is 0 Å². The Morgan fingerprint density at radius 1 is 1.25 bits per heavy atom. The molecule has 2 rings (SSSR count). The summed E-state index contributed by atoms with van der Waals surface area (Å²) < 4.78 is 13.7. The zero-order valence-corrected chi connectivity index (χ0v) is 9.88. The van der Waals surface area contributed by atoms with Gasteiger partial charge in [0.2, 0.25) is 0 Å². The number of hydrogen-bond acceptors (Lipinski definition) is 1. The van der Waals surface area contributed by atoms with Crippen molar-refractivity contribution < 1.29 is 4.39 Å². The Labute approximate surface area is 96.9 Å². The molecule has 16 heavy (non-hydrogen) atoms. The van der Waals surface area contributed by atoms with E-state index in [-0.39, 0.29) is 11.9 Å². The van der Waals surface area contributed by atoms with Gasteiger partial charge in [0.25, 0.3) is 0 Å². The van der Waals surface area contributed by atoms with E-state index in [1.54, 1.807) is 6.07 Å². The van der Waals surface area contributed by atoms with Crippen LogP contribution in [-0.4, -0.2) is 0 Å². The van der Waals surface area contributed by atoms with Crippen LogP contribution in [0.3, 0.4) is 0 Å². The predicted molar refractivity (Wildman–Crippen MR) is 64.6 cm³/mol. The third-order valence-corrected chi connectivity index (χ3v) is 3.67. The monoisotopic (exact) mass is 221 g/mol. The molecular weight excluding hydrogens is 201 g/mol. The summed E-state index contributed by atoms with van der Waals surface area (Å²) in [6.07, 6.45) is 6.08. The van der Waals surface area contributed by atoms with Gasteiger partial charge in [-0.15, -0.1) is 0 Å². The molecule has 2 heteroatoms. The van der Waals surface area contributed by atoms with Crippen LogP contribution in [-0.2, 0) is 0 Å². The van der Waals surface area contributed by atoms with E-state index in [0.29, 0.717) is 11.5 Å². The summed E-state index contributed by atoms with van der Waals surface area (Å²) in [4.78, 5) is 0. The minimum Gasteiger partial charge on any atom is -0.324 e. The van der Waals surface area contributed by atoms with Crippen LogP contribution in [0, 0.1) is 18.7 Å². The first-order valence-electron chi connectivity index (χ1n) is 6.20. The first kappa shape index (κ1) is 11.6. The zero-order chi connectivity index (χ0) is 11.5. The summed E-state index contributed by atoms with van der Waals surface area (Å²) >= 11 is 0. The Balaban J connectivity index is 2.18. The molecule has 1 aliphatic rings. The minimum absolute atomic E-state index is 0.125. The topological polar surface area (TPSA) is 26.0 Å². The van der Waals surface area contributed by atoms with Crippen LogP contribution in [0.2, 0.25) is 0 Å². The number of halogens is 1. The van der Waals surface area contributed by atoms with Gasteiger partial charge in [0, 0.05) is 11.6 Å². The number of nitrogens with two attached hydrogens (primary N) is 1. The minimum atomic E-state index is -0.149. The highest BCUT2D eigenvalue weighted by molar-refractivity contribution is 5.27. The maximum Gasteiger partial charge on any atom is 0.127 e. The number of rotatable bonds is 2. The van der Waals surface area contributed by atoms with Crippen molar-refractivity contribution in [3.63, 3.8) is 0 Å². The normalized spacial score (nSPS) is 19.7. The fraction of sp³-hybridized carbons (Fsp3) is 0.571. The Morgan fingerprint density at radius 2 is 1.94 bits per heavy atom. The lowest BCUT2D eigenvalue weighted by molar-refractivity contribution is 0.303. The van der Waals surface area contributed by atoms with Crippen molar-refractivity contribution in [3.8, 4) is 0 Å². The quantitative estimate of drug-likeness (QED) is 0.809. The Morgan fingerprint density at radius 3 is 2.62 bits per heavy atom. The van der Waals surface area contributed by atoms with Crippen LogP contribution in [0.25, 0.3) is 0 Å². The second kappa shape index (κ2) is 4.96. The lowest BCUT2D eigenvalue weighted by Gasteiger charge is -2.28. The summed E-state index contributed by atoms with van der Waals surface area (Å²) in [5, 5.41) is 0. The van der Waals surface area contributed by atoms with Crippen molar-refractivity contribution in [1.29, 1.82) is 0 Å². The van der Waals surface area contributed by atoms with Crippen LogP contribution < -0.4 is 5.73 Å². The van der Waals surface area contributed by atoms with Gasteiger partial charge in [0.15, 0.2) is 0 Å². The molecule has 1 nitrogen and oxygen atoms in total. The van der Waals surface area contributed by atoms with Gasteiger partial charge in [-0.2, -0.15) is 0 Å². The number of aryl methyl sites for hydroxylation is 1. The average molecular weight is 221 g/mol. The van der Waals surface area contributed by atoms with Gasteiger partial charge in [-0.1, -0.05) is 37.0 Å². The molecule has 0 radical (unpaired) electrons. The van der Waals surface area contributed by atoms with Crippen molar-refractivity contribution in [1.82, 2.24) is 0 Å². The molecule has 0 unspecified atom stereocenters. The summed E-state index contributed by atoms with van der Waals surface area (Å²) in [6.45, 7) is 1.98. The van der Waals surface area contributed by atoms with Crippen LogP contribution in [0.1, 0.15) is 49.3 Å². The SMILES string of the molecule is Cc1ccc(F)c([C@@H](N)C2CCCCC2)c1. The average Bonchev–Trinajstić information content (AvgIpc) is 2.32. The van der Waals surface area contributed by atoms with Gasteiger partial charge in [-0.3, -0.25) is 0 Å². The first-order valence-corrected chi connectivity index (χ1v) is 6.20. The van der Waals surface area contributed by atoms with E-state index in [2.05, 4.69) is 0 Å². The van der Waals surface area contributed by atoms with Gasteiger partial charge < -0.3 is 5.73 Å². The molecule has 2 N–H and O–H groups in total. The van der Waals surface area contributed by atoms with E-state index in [1.807, 2.05) is 13.0 Å². The first-order chi connectivity index (χ1) is 7.68. The summed E-state index contributed by atoms with van der Waals surface area (Å²) in [5.74, 6) is 0.314. The molecule has 0 bridgehead atoms. The second-order valence-corrected chi connectivity index (χ2v) is 4.95. The molecule has 0 spiro atoms. The van der Waals surface area contributed by atoms with E-state index >= 15 is 0 Å². The van der Waals surface area contributed by atoms with Crippen molar-refractivity contribution in [2.24, 2.45) is 11.7 Å². The molecule has 1 aromatic rings. The van der Waals surface area contributed by atoms with Gasteiger partial charge in [0.1, 0.15) is 5.82 Å². The highest BCUT2D eigenvalue weighted by Gasteiger charge is 2.23. The second-order valence-electron chi connectivity index (χ2n) is 4.95. The van der Waals surface area contributed by atoms with Crippen molar-refractivity contribution in [3.05, 3.63) is 35.1 Å². The van der Waals surface area contributed by atoms with Crippen LogP contribution in [0.4, 0.5) is 4.39 Å². The molecular formula is C14H20FN. The van der Waals surface area contributed by atoms with E-state index < -0.39 is 0 Å². The molecule has 1 aromatic carbocycles. The molecule has 88 valence electrons. The standard InChI is InChI=1S/C14H20FN/c1-10-7-8-13(15)12(9-10)14(16)11-5-3-2-4-6-11/h7-9,11,14H,2-6,16H2,1H3/t14-/m0/s1. The van der Waals surface area contributed by atoms with Gasteiger partial charge in [-0.25, -0.2) is 4.39 Å². The number of benzene rings is 1. The highest BCUT2D eigenvalue weighted by Crippen LogP contribution is 2.33. The largest absolute Gasteiger partial charge is 0.324 e. The maximum absolute atomic E-state index is 13.7. The molecule has 0 aliphatic heterocycles. The van der Waals surface area contributed by atoms with Crippen molar-refractivity contribution in [2.45, 2.75) is 45.1 Å². The maximum atomic E-state index is 13.7. The van der Waals surface area contributed by atoms with E-state index in [4.69, 9.17) is 5.73 Å². The predicted octanol–water partition coefficient (Wildman–Crippen LogP) is 3.71. The molecule has 0 saturated heterocycles. The third-order valence-electron chi connectivity index (χ3n) is 3.67. The fourth-order valence-electron chi connectivity index (χ4n) is 2.67. The zero-order valence-electron chi connectivity index (χ0n) is 9.88. The van der Waals surface area contributed by atoms with Crippen molar-refractivity contribution >= 4 is 0 Å². The van der Waals surface area contributed by atoms with Crippen LogP contribution in [0.15, 0.2) is 18.2 Å². The van der Waals surface area contributed by atoms with Crippen LogP contribution in [0.5, 0.6) is 0 Å². The van der Waals surface area contributed by atoms with Crippen LogP contribution >= 0.6 is 0 Å². The number of hydrogen-bond donors (Lipinski definition) is 1. The van der Waals surface area contributed by atoms with E-state index in [9.17, 15) is 4.39 Å². The summed E-state index contributed by atoms with van der Waals surface area (Å²) in [7, 11) is 0. The summed E-state index contributed by atoms with van der Waals surface area (Å²) in [6, 6.07) is 5.11. The molecule has 1 aliphatic carbocycles. The molecule has 0 aromatic heterocycles.